The van der Waals surface area contributed by atoms with Crippen LogP contribution in [0, 0.1) is 13.8 Å². The van der Waals surface area contributed by atoms with Crippen LogP contribution in [-0.4, -0.2) is 29.6 Å². The Bertz CT molecular complexity index is 733. The fourth-order valence-electron chi connectivity index (χ4n) is 2.31. The minimum absolute atomic E-state index is 0.195. The standard InChI is InChI=1S/C19H25N3O4/c1-5-10-20-18(23)13(3)21-19(24)15-6-8-16(9-7-15)25-11-17-12(2)22-26-14(17)4/h6-9,13H,5,10-11H2,1-4H3,(H,20,23)(H,21,24)/t13-/m1/s1. The third-order valence-corrected chi connectivity index (χ3v) is 3.97. The van der Waals surface area contributed by atoms with Crippen LogP contribution in [-0.2, 0) is 11.4 Å². The molecule has 0 aliphatic heterocycles. The molecule has 0 fully saturated rings. The van der Waals surface area contributed by atoms with Gasteiger partial charge in [0.15, 0.2) is 0 Å². The molecule has 7 heteroatoms. The van der Waals surface area contributed by atoms with E-state index in [4.69, 9.17) is 9.26 Å². The van der Waals surface area contributed by atoms with Gasteiger partial charge in [0.25, 0.3) is 5.91 Å². The van der Waals surface area contributed by atoms with Crippen molar-refractivity contribution in [3.05, 3.63) is 46.8 Å². The second kappa shape index (κ2) is 9.03. The molecule has 0 unspecified atom stereocenters. The molecule has 2 aromatic rings. The van der Waals surface area contributed by atoms with Crippen molar-refractivity contribution in [3.8, 4) is 5.75 Å². The van der Waals surface area contributed by atoms with Crippen molar-refractivity contribution in [2.24, 2.45) is 0 Å². The molecular weight excluding hydrogens is 334 g/mol. The van der Waals surface area contributed by atoms with Crippen LogP contribution in [0.1, 0.15) is 47.6 Å². The fraction of sp³-hybridized carbons (Fsp3) is 0.421. The summed E-state index contributed by atoms with van der Waals surface area (Å²) in [5.74, 6) is 0.866. The normalized spacial score (nSPS) is 11.7. The number of hydrogen-bond donors (Lipinski definition) is 2. The molecule has 7 nitrogen and oxygen atoms in total. The van der Waals surface area contributed by atoms with Gasteiger partial charge in [-0.2, -0.15) is 0 Å². The Morgan fingerprint density at radius 1 is 1.23 bits per heavy atom. The Balaban J connectivity index is 1.90. The molecule has 2 rings (SSSR count). The number of hydrogen-bond acceptors (Lipinski definition) is 5. The van der Waals surface area contributed by atoms with Gasteiger partial charge in [-0.15, -0.1) is 0 Å². The summed E-state index contributed by atoms with van der Waals surface area (Å²) in [7, 11) is 0. The lowest BCUT2D eigenvalue weighted by molar-refractivity contribution is -0.122. The van der Waals surface area contributed by atoms with Crippen LogP contribution < -0.4 is 15.4 Å². The molecule has 2 amide bonds. The number of carbonyl (C=O) groups is 2. The van der Waals surface area contributed by atoms with Gasteiger partial charge >= 0.3 is 0 Å². The first-order valence-corrected chi connectivity index (χ1v) is 8.65. The summed E-state index contributed by atoms with van der Waals surface area (Å²) >= 11 is 0. The quantitative estimate of drug-likeness (QED) is 0.755. The predicted octanol–water partition coefficient (Wildman–Crippen LogP) is 2.51. The Hall–Kier alpha value is -2.83. The van der Waals surface area contributed by atoms with Gasteiger partial charge in [0.1, 0.15) is 24.2 Å². The van der Waals surface area contributed by atoms with E-state index in [2.05, 4.69) is 15.8 Å². The first kappa shape index (κ1) is 19.5. The number of nitrogens with zero attached hydrogens (tertiary/aromatic N) is 1. The summed E-state index contributed by atoms with van der Waals surface area (Å²) in [5.41, 5.74) is 2.18. The molecule has 1 aromatic heterocycles. The van der Waals surface area contributed by atoms with Gasteiger partial charge in [-0.3, -0.25) is 9.59 Å². The molecule has 0 aliphatic rings. The number of benzene rings is 1. The largest absolute Gasteiger partial charge is 0.489 e. The summed E-state index contributed by atoms with van der Waals surface area (Å²) in [4.78, 5) is 24.0. The monoisotopic (exact) mass is 359 g/mol. The smallest absolute Gasteiger partial charge is 0.251 e. The van der Waals surface area contributed by atoms with Gasteiger partial charge in [-0.25, -0.2) is 0 Å². The van der Waals surface area contributed by atoms with E-state index < -0.39 is 6.04 Å². The molecule has 0 bridgehead atoms. The van der Waals surface area contributed by atoms with Crippen molar-refractivity contribution in [1.82, 2.24) is 15.8 Å². The molecular formula is C19H25N3O4. The Labute approximate surface area is 153 Å². The number of ether oxygens (including phenoxy) is 1. The average molecular weight is 359 g/mol. The molecule has 0 saturated heterocycles. The minimum atomic E-state index is -0.593. The van der Waals surface area contributed by atoms with E-state index >= 15 is 0 Å². The van der Waals surface area contributed by atoms with Crippen LogP contribution in [0.15, 0.2) is 28.8 Å². The zero-order chi connectivity index (χ0) is 19.1. The van der Waals surface area contributed by atoms with Gasteiger partial charge < -0.3 is 19.9 Å². The Kier molecular flexibility index (Phi) is 6.77. The van der Waals surface area contributed by atoms with E-state index in [1.165, 1.54) is 0 Å². The van der Waals surface area contributed by atoms with Crippen LogP contribution in [0.5, 0.6) is 5.75 Å². The molecule has 26 heavy (non-hydrogen) atoms. The van der Waals surface area contributed by atoms with Crippen molar-refractivity contribution in [2.75, 3.05) is 6.54 Å². The number of carbonyl (C=O) groups excluding carboxylic acids is 2. The highest BCUT2D eigenvalue weighted by Gasteiger charge is 2.16. The Morgan fingerprint density at radius 2 is 1.92 bits per heavy atom. The van der Waals surface area contributed by atoms with Gasteiger partial charge in [0.2, 0.25) is 5.91 Å². The molecule has 0 aliphatic carbocycles. The highest BCUT2D eigenvalue weighted by molar-refractivity contribution is 5.97. The van der Waals surface area contributed by atoms with E-state index in [0.29, 0.717) is 24.5 Å². The minimum Gasteiger partial charge on any atom is -0.489 e. The van der Waals surface area contributed by atoms with Gasteiger partial charge in [-0.05, 0) is 51.5 Å². The second-order valence-corrected chi connectivity index (χ2v) is 6.10. The summed E-state index contributed by atoms with van der Waals surface area (Å²) in [5, 5.41) is 9.32. The predicted molar refractivity (Wildman–Crippen MR) is 97.0 cm³/mol. The lowest BCUT2D eigenvalue weighted by Gasteiger charge is -2.14. The van der Waals surface area contributed by atoms with Crippen molar-refractivity contribution in [3.63, 3.8) is 0 Å². The lowest BCUT2D eigenvalue weighted by Crippen LogP contribution is -2.44. The first-order chi connectivity index (χ1) is 12.4. The van der Waals surface area contributed by atoms with E-state index in [0.717, 1.165) is 23.4 Å². The number of nitrogens with one attached hydrogen (secondary N) is 2. The topological polar surface area (TPSA) is 93.5 Å². The fourth-order valence-corrected chi connectivity index (χ4v) is 2.31. The lowest BCUT2D eigenvalue weighted by atomic mass is 10.2. The van der Waals surface area contributed by atoms with Crippen LogP contribution in [0.4, 0.5) is 0 Å². The summed E-state index contributed by atoms with van der Waals surface area (Å²) in [6.45, 7) is 8.27. The van der Waals surface area contributed by atoms with E-state index in [-0.39, 0.29) is 11.8 Å². The summed E-state index contributed by atoms with van der Waals surface area (Å²) in [6, 6.07) is 6.16. The van der Waals surface area contributed by atoms with Crippen LogP contribution >= 0.6 is 0 Å². The molecule has 0 spiro atoms. The van der Waals surface area contributed by atoms with Crippen molar-refractivity contribution in [2.45, 2.75) is 46.8 Å². The van der Waals surface area contributed by atoms with Gasteiger partial charge in [0, 0.05) is 12.1 Å². The third-order valence-electron chi connectivity index (χ3n) is 3.97. The van der Waals surface area contributed by atoms with E-state index in [1.807, 2.05) is 20.8 Å². The zero-order valence-electron chi connectivity index (χ0n) is 15.6. The molecule has 1 atom stereocenters. The maximum Gasteiger partial charge on any atom is 0.251 e. The molecule has 2 N–H and O–H groups in total. The van der Waals surface area contributed by atoms with E-state index in [9.17, 15) is 9.59 Å². The summed E-state index contributed by atoms with van der Waals surface area (Å²) in [6.07, 6.45) is 0.849. The molecule has 0 radical (unpaired) electrons. The Morgan fingerprint density at radius 3 is 2.50 bits per heavy atom. The number of aromatic nitrogens is 1. The van der Waals surface area contributed by atoms with Crippen LogP contribution in [0.2, 0.25) is 0 Å². The van der Waals surface area contributed by atoms with Crippen molar-refractivity contribution < 1.29 is 18.8 Å². The molecule has 1 aromatic carbocycles. The summed E-state index contributed by atoms with van der Waals surface area (Å²) < 4.78 is 10.8. The van der Waals surface area contributed by atoms with Crippen molar-refractivity contribution >= 4 is 11.8 Å². The highest BCUT2D eigenvalue weighted by Crippen LogP contribution is 2.18. The van der Waals surface area contributed by atoms with Gasteiger partial charge in [0.05, 0.1) is 11.3 Å². The first-order valence-electron chi connectivity index (χ1n) is 8.65. The zero-order valence-corrected chi connectivity index (χ0v) is 15.6. The molecule has 0 saturated carbocycles. The number of aryl methyl sites for hydroxylation is 2. The maximum absolute atomic E-state index is 12.2. The number of amides is 2. The molecule has 140 valence electrons. The van der Waals surface area contributed by atoms with Gasteiger partial charge in [-0.1, -0.05) is 12.1 Å². The highest BCUT2D eigenvalue weighted by atomic mass is 16.5. The van der Waals surface area contributed by atoms with Crippen LogP contribution in [0.25, 0.3) is 0 Å². The number of rotatable bonds is 8. The van der Waals surface area contributed by atoms with E-state index in [1.54, 1.807) is 31.2 Å². The van der Waals surface area contributed by atoms with Crippen molar-refractivity contribution in [1.29, 1.82) is 0 Å². The maximum atomic E-state index is 12.2. The second-order valence-electron chi connectivity index (χ2n) is 6.10. The third kappa shape index (κ3) is 5.08. The SMILES string of the molecule is CCCNC(=O)[C@@H](C)NC(=O)c1ccc(OCc2c(C)noc2C)cc1. The molecule has 1 heterocycles. The van der Waals surface area contributed by atoms with Crippen LogP contribution in [0.3, 0.4) is 0 Å². The average Bonchev–Trinajstić information content (AvgIpc) is 2.96.